The van der Waals surface area contributed by atoms with Crippen molar-refractivity contribution >= 4 is 33.7 Å². The van der Waals surface area contributed by atoms with Crippen LogP contribution in [0.1, 0.15) is 37.0 Å². The van der Waals surface area contributed by atoms with E-state index in [-0.39, 0.29) is 11.6 Å². The zero-order valence-electron chi connectivity index (χ0n) is 16.6. The average Bonchev–Trinajstić information content (AvgIpc) is 2.76. The monoisotopic (exact) mass is 407 g/mol. The molecule has 0 radical (unpaired) electrons. The summed E-state index contributed by atoms with van der Waals surface area (Å²) in [4.78, 5) is 36.1. The SMILES string of the molecule is CCC(CC)N(C(=O)c1cc([N+](=O)[O-])cc([N+](=O)[O-])c1)c1ccc2ccccc2c1. The molecule has 0 saturated carbocycles. The Morgan fingerprint density at radius 1 is 0.867 bits per heavy atom. The second-order valence-electron chi connectivity index (χ2n) is 6.93. The lowest BCUT2D eigenvalue weighted by Gasteiger charge is -2.31. The van der Waals surface area contributed by atoms with Gasteiger partial charge in [0.25, 0.3) is 17.3 Å². The molecule has 8 nitrogen and oxygen atoms in total. The summed E-state index contributed by atoms with van der Waals surface area (Å²) in [6.45, 7) is 3.90. The Morgan fingerprint density at radius 3 is 1.97 bits per heavy atom. The Kier molecular flexibility index (Phi) is 6.06. The molecular formula is C22H21N3O5. The number of hydrogen-bond acceptors (Lipinski definition) is 5. The van der Waals surface area contributed by atoms with Gasteiger partial charge in [0.15, 0.2) is 0 Å². The Balaban J connectivity index is 2.15. The molecule has 3 rings (SSSR count). The largest absolute Gasteiger partial charge is 0.305 e. The van der Waals surface area contributed by atoms with Crippen LogP contribution in [0.15, 0.2) is 60.7 Å². The highest BCUT2D eigenvalue weighted by molar-refractivity contribution is 6.08. The fourth-order valence-corrected chi connectivity index (χ4v) is 3.54. The number of nitro benzene ring substituents is 2. The summed E-state index contributed by atoms with van der Waals surface area (Å²) in [5, 5.41) is 24.4. The molecule has 3 aromatic carbocycles. The van der Waals surface area contributed by atoms with Crippen LogP contribution in [0.25, 0.3) is 10.8 Å². The number of amides is 1. The maximum Gasteiger partial charge on any atom is 0.277 e. The quantitative estimate of drug-likeness (QED) is 0.380. The Hall–Kier alpha value is -3.81. The topological polar surface area (TPSA) is 107 Å². The molecule has 3 aromatic rings. The minimum absolute atomic E-state index is 0.0871. The summed E-state index contributed by atoms with van der Waals surface area (Å²) < 4.78 is 0. The normalized spacial score (nSPS) is 10.9. The predicted octanol–water partition coefficient (Wildman–Crippen LogP) is 5.49. The molecule has 0 atom stereocenters. The molecule has 0 bridgehead atoms. The van der Waals surface area contributed by atoms with Crippen LogP contribution in [0.2, 0.25) is 0 Å². The predicted molar refractivity (Wildman–Crippen MR) is 115 cm³/mol. The lowest BCUT2D eigenvalue weighted by atomic mass is 10.0. The van der Waals surface area contributed by atoms with Gasteiger partial charge in [0.1, 0.15) is 0 Å². The molecule has 0 unspecified atom stereocenters. The van der Waals surface area contributed by atoms with Crippen molar-refractivity contribution in [3.63, 3.8) is 0 Å². The number of fused-ring (bicyclic) bond motifs is 1. The molecule has 0 aliphatic heterocycles. The zero-order chi connectivity index (χ0) is 21.8. The maximum atomic E-state index is 13.5. The summed E-state index contributed by atoms with van der Waals surface area (Å²) in [6, 6.07) is 16.2. The Morgan fingerprint density at radius 2 is 1.43 bits per heavy atom. The maximum absolute atomic E-state index is 13.5. The molecule has 0 N–H and O–H groups in total. The minimum Gasteiger partial charge on any atom is -0.305 e. The molecule has 0 aliphatic carbocycles. The standard InChI is InChI=1S/C22H21N3O5/c1-3-18(4-2)23(19-10-9-15-7-5-6-8-16(15)11-19)22(26)17-12-20(24(27)28)14-21(13-17)25(29)30/h5-14,18H,3-4H2,1-2H3. The second kappa shape index (κ2) is 8.69. The summed E-state index contributed by atoms with van der Waals surface area (Å²) in [5.74, 6) is -0.509. The third-order valence-electron chi connectivity index (χ3n) is 5.11. The van der Waals surface area contributed by atoms with Crippen molar-refractivity contribution in [1.29, 1.82) is 0 Å². The molecular weight excluding hydrogens is 386 g/mol. The van der Waals surface area contributed by atoms with Crippen molar-refractivity contribution in [3.05, 3.63) is 86.5 Å². The van der Waals surface area contributed by atoms with Gasteiger partial charge in [-0.1, -0.05) is 44.2 Å². The van der Waals surface area contributed by atoms with Crippen molar-refractivity contribution in [1.82, 2.24) is 0 Å². The van der Waals surface area contributed by atoms with Gasteiger partial charge in [-0.3, -0.25) is 25.0 Å². The number of nitrogens with zero attached hydrogens (tertiary/aromatic N) is 3. The lowest BCUT2D eigenvalue weighted by molar-refractivity contribution is -0.394. The number of non-ortho nitro benzene ring substituents is 2. The number of rotatable bonds is 7. The molecule has 0 heterocycles. The molecule has 0 aromatic heterocycles. The first-order valence-electron chi connectivity index (χ1n) is 9.62. The molecule has 30 heavy (non-hydrogen) atoms. The van der Waals surface area contributed by atoms with Gasteiger partial charge >= 0.3 is 0 Å². The van der Waals surface area contributed by atoms with E-state index in [9.17, 15) is 25.0 Å². The summed E-state index contributed by atoms with van der Waals surface area (Å²) in [5.41, 5.74) is -0.427. The smallest absolute Gasteiger partial charge is 0.277 e. The van der Waals surface area contributed by atoms with Crippen molar-refractivity contribution in [2.75, 3.05) is 4.90 Å². The van der Waals surface area contributed by atoms with Crippen molar-refractivity contribution in [2.45, 2.75) is 32.7 Å². The second-order valence-corrected chi connectivity index (χ2v) is 6.93. The summed E-state index contributed by atoms with van der Waals surface area (Å²) in [6.07, 6.45) is 1.32. The van der Waals surface area contributed by atoms with Crippen LogP contribution in [0.4, 0.5) is 17.1 Å². The van der Waals surface area contributed by atoms with Gasteiger partial charge in [0.2, 0.25) is 0 Å². The van der Waals surface area contributed by atoms with Gasteiger partial charge in [0, 0.05) is 23.9 Å². The van der Waals surface area contributed by atoms with E-state index in [0.29, 0.717) is 18.5 Å². The van der Waals surface area contributed by atoms with E-state index >= 15 is 0 Å². The van der Waals surface area contributed by atoms with Crippen LogP contribution in [0, 0.1) is 20.2 Å². The molecule has 154 valence electrons. The van der Waals surface area contributed by atoms with Crippen molar-refractivity contribution in [3.8, 4) is 0 Å². The first-order chi connectivity index (χ1) is 14.3. The average molecular weight is 407 g/mol. The number of carbonyl (C=O) groups excluding carboxylic acids is 1. The van der Waals surface area contributed by atoms with Gasteiger partial charge in [-0.05, 0) is 35.7 Å². The fourth-order valence-electron chi connectivity index (χ4n) is 3.54. The van der Waals surface area contributed by atoms with Crippen LogP contribution in [0.5, 0.6) is 0 Å². The van der Waals surface area contributed by atoms with E-state index in [2.05, 4.69) is 0 Å². The van der Waals surface area contributed by atoms with Crippen molar-refractivity contribution in [2.24, 2.45) is 0 Å². The van der Waals surface area contributed by atoms with Crippen molar-refractivity contribution < 1.29 is 14.6 Å². The minimum atomic E-state index is -0.735. The van der Waals surface area contributed by atoms with E-state index < -0.39 is 27.1 Å². The summed E-state index contributed by atoms with van der Waals surface area (Å²) >= 11 is 0. The fraction of sp³-hybridized carbons (Fsp3) is 0.227. The van der Waals surface area contributed by atoms with Gasteiger partial charge in [-0.25, -0.2) is 0 Å². The lowest BCUT2D eigenvalue weighted by Crippen LogP contribution is -2.40. The highest BCUT2D eigenvalue weighted by Gasteiger charge is 2.28. The molecule has 8 heteroatoms. The van der Waals surface area contributed by atoms with Gasteiger partial charge < -0.3 is 4.90 Å². The van der Waals surface area contributed by atoms with Crippen LogP contribution in [-0.4, -0.2) is 21.8 Å². The first-order valence-corrected chi connectivity index (χ1v) is 9.62. The molecule has 0 saturated heterocycles. The first kappa shape index (κ1) is 20.9. The molecule has 0 fully saturated rings. The van der Waals surface area contributed by atoms with Gasteiger partial charge in [0.05, 0.1) is 21.5 Å². The molecule has 0 spiro atoms. The molecule has 1 amide bonds. The van der Waals surface area contributed by atoms with Crippen LogP contribution in [-0.2, 0) is 0 Å². The van der Waals surface area contributed by atoms with Crippen LogP contribution < -0.4 is 4.90 Å². The van der Waals surface area contributed by atoms with Crippen LogP contribution in [0.3, 0.4) is 0 Å². The number of hydrogen-bond donors (Lipinski definition) is 0. The summed E-state index contributed by atoms with van der Waals surface area (Å²) in [7, 11) is 0. The zero-order valence-corrected chi connectivity index (χ0v) is 16.6. The van der Waals surface area contributed by atoms with E-state index in [4.69, 9.17) is 0 Å². The van der Waals surface area contributed by atoms with Gasteiger partial charge in [-0.15, -0.1) is 0 Å². The number of nitro groups is 2. The Labute approximate surface area is 173 Å². The van der Waals surface area contributed by atoms with E-state index in [0.717, 1.165) is 29.0 Å². The number of anilines is 1. The number of benzene rings is 3. The highest BCUT2D eigenvalue weighted by atomic mass is 16.6. The number of carbonyl (C=O) groups is 1. The van der Waals surface area contributed by atoms with E-state index in [1.165, 1.54) is 0 Å². The highest BCUT2D eigenvalue weighted by Crippen LogP contribution is 2.30. The third kappa shape index (κ3) is 4.12. The van der Waals surface area contributed by atoms with Crippen LogP contribution >= 0.6 is 0 Å². The van der Waals surface area contributed by atoms with E-state index in [1.807, 2.05) is 56.3 Å². The Bertz CT molecular complexity index is 1090. The van der Waals surface area contributed by atoms with Gasteiger partial charge in [-0.2, -0.15) is 0 Å². The van der Waals surface area contributed by atoms with E-state index in [1.54, 1.807) is 4.90 Å². The third-order valence-corrected chi connectivity index (χ3v) is 5.11. The molecule has 0 aliphatic rings.